The molecular weight excluding hydrogens is 288 g/mol. The molecule has 0 aromatic carbocycles. The minimum Gasteiger partial charge on any atom is -0.466 e. The van der Waals surface area contributed by atoms with Crippen LogP contribution in [0.15, 0.2) is 36.0 Å². The van der Waals surface area contributed by atoms with Gasteiger partial charge in [-0.05, 0) is 51.5 Å². The van der Waals surface area contributed by atoms with Gasteiger partial charge in [-0.2, -0.15) is 0 Å². The Balaban J connectivity index is 2.26. The highest BCUT2D eigenvalue weighted by Crippen LogP contribution is 2.27. The molecule has 3 heteroatoms. The summed E-state index contributed by atoms with van der Waals surface area (Å²) in [6.45, 7) is 4.41. The maximum absolute atomic E-state index is 11.9. The molecule has 0 fully saturated rings. The topological polar surface area (TPSA) is 43.4 Å². The van der Waals surface area contributed by atoms with Crippen molar-refractivity contribution in [2.75, 3.05) is 6.61 Å². The summed E-state index contributed by atoms with van der Waals surface area (Å²) in [6.07, 6.45) is 17.6. The van der Waals surface area contributed by atoms with Crippen LogP contribution < -0.4 is 0 Å². The number of carbonyl (C=O) groups is 2. The molecule has 0 amide bonds. The smallest absolute Gasteiger partial charge is 0.305 e. The first-order chi connectivity index (χ1) is 11.2. The molecule has 0 unspecified atom stereocenters. The fourth-order valence-corrected chi connectivity index (χ4v) is 2.73. The number of ketones is 1. The average Bonchev–Trinajstić information content (AvgIpc) is 2.88. The van der Waals surface area contributed by atoms with Gasteiger partial charge in [0.1, 0.15) is 0 Å². The SMILES string of the molecule is CC/C=C/CC[C@H]1C=CC(=O)/C1=C/CCCCCC(=O)OCC. The van der Waals surface area contributed by atoms with Crippen molar-refractivity contribution >= 4 is 11.8 Å². The summed E-state index contributed by atoms with van der Waals surface area (Å²) in [7, 11) is 0. The summed E-state index contributed by atoms with van der Waals surface area (Å²) in [5.74, 6) is 0.339. The Morgan fingerprint density at radius 2 is 2.00 bits per heavy atom. The number of ether oxygens (including phenoxy) is 1. The van der Waals surface area contributed by atoms with Crippen LogP contribution in [0.3, 0.4) is 0 Å². The van der Waals surface area contributed by atoms with E-state index in [-0.39, 0.29) is 17.7 Å². The molecule has 1 aliphatic carbocycles. The van der Waals surface area contributed by atoms with Crippen molar-refractivity contribution in [3.05, 3.63) is 36.0 Å². The van der Waals surface area contributed by atoms with Crippen LogP contribution >= 0.6 is 0 Å². The zero-order valence-electron chi connectivity index (χ0n) is 14.6. The van der Waals surface area contributed by atoms with Crippen LogP contribution in [-0.2, 0) is 14.3 Å². The third kappa shape index (κ3) is 7.96. The van der Waals surface area contributed by atoms with Gasteiger partial charge < -0.3 is 4.74 Å². The molecule has 1 atom stereocenters. The predicted molar refractivity (Wildman–Crippen MR) is 94.1 cm³/mol. The number of esters is 1. The van der Waals surface area contributed by atoms with Crippen molar-refractivity contribution < 1.29 is 14.3 Å². The van der Waals surface area contributed by atoms with Crippen LogP contribution in [-0.4, -0.2) is 18.4 Å². The maximum Gasteiger partial charge on any atom is 0.305 e. The third-order valence-electron chi connectivity index (χ3n) is 3.97. The second-order valence-electron chi connectivity index (χ2n) is 5.85. The van der Waals surface area contributed by atoms with Crippen LogP contribution in [0, 0.1) is 5.92 Å². The molecule has 0 N–H and O–H groups in total. The van der Waals surface area contributed by atoms with Crippen molar-refractivity contribution in [3.8, 4) is 0 Å². The summed E-state index contributed by atoms with van der Waals surface area (Å²) in [5.41, 5.74) is 0.959. The number of allylic oxidation sites excluding steroid dienone is 6. The fourth-order valence-electron chi connectivity index (χ4n) is 2.73. The number of rotatable bonds is 11. The molecule has 0 spiro atoms. The predicted octanol–water partition coefficient (Wildman–Crippen LogP) is 4.93. The Morgan fingerprint density at radius 3 is 2.74 bits per heavy atom. The summed E-state index contributed by atoms with van der Waals surface area (Å²) in [4.78, 5) is 23.1. The molecule has 0 heterocycles. The first-order valence-electron chi connectivity index (χ1n) is 8.92. The summed E-state index contributed by atoms with van der Waals surface area (Å²) in [5, 5.41) is 0. The van der Waals surface area contributed by atoms with E-state index in [1.165, 1.54) is 0 Å². The van der Waals surface area contributed by atoms with Gasteiger partial charge >= 0.3 is 5.97 Å². The first-order valence-corrected chi connectivity index (χ1v) is 8.92. The van der Waals surface area contributed by atoms with Gasteiger partial charge in [-0.15, -0.1) is 0 Å². The zero-order valence-corrected chi connectivity index (χ0v) is 14.6. The molecule has 0 aromatic heterocycles. The molecule has 0 radical (unpaired) electrons. The van der Waals surface area contributed by atoms with Gasteiger partial charge in [0.05, 0.1) is 6.61 Å². The van der Waals surface area contributed by atoms with Crippen LogP contribution in [0.4, 0.5) is 0 Å². The lowest BCUT2D eigenvalue weighted by Crippen LogP contribution is -2.03. The van der Waals surface area contributed by atoms with Crippen molar-refractivity contribution in [1.82, 2.24) is 0 Å². The van der Waals surface area contributed by atoms with Gasteiger partial charge in [0.2, 0.25) is 0 Å². The highest BCUT2D eigenvalue weighted by Gasteiger charge is 2.21. The van der Waals surface area contributed by atoms with Gasteiger partial charge in [0.15, 0.2) is 5.78 Å². The number of unbranched alkanes of at least 4 members (excludes halogenated alkanes) is 3. The monoisotopic (exact) mass is 318 g/mol. The molecule has 23 heavy (non-hydrogen) atoms. The summed E-state index contributed by atoms with van der Waals surface area (Å²) in [6, 6.07) is 0. The van der Waals surface area contributed by atoms with Crippen LogP contribution in [0.25, 0.3) is 0 Å². The molecule has 1 rings (SSSR count). The van der Waals surface area contributed by atoms with E-state index in [1.807, 2.05) is 13.0 Å². The Kier molecular flexibility index (Phi) is 10.0. The van der Waals surface area contributed by atoms with Crippen LogP contribution in [0.2, 0.25) is 0 Å². The highest BCUT2D eigenvalue weighted by atomic mass is 16.5. The van der Waals surface area contributed by atoms with Crippen LogP contribution in [0.1, 0.15) is 65.2 Å². The molecule has 128 valence electrons. The first kappa shape index (κ1) is 19.4. The molecule has 0 aliphatic heterocycles. The van der Waals surface area contributed by atoms with Crippen LogP contribution in [0.5, 0.6) is 0 Å². The standard InChI is InChI=1S/C20H30O3/c1-3-5-6-9-12-17-15-16-19(21)18(17)13-10-7-8-11-14-20(22)23-4-2/h5-6,13,15-17H,3-4,7-12,14H2,1-2H3/b6-5+,18-13+/t17-/m0/s1. The normalized spacial score (nSPS) is 19.1. The van der Waals surface area contributed by atoms with E-state index in [4.69, 9.17) is 4.74 Å². The van der Waals surface area contributed by atoms with E-state index in [9.17, 15) is 9.59 Å². The molecule has 0 saturated carbocycles. The number of hydrogen-bond acceptors (Lipinski definition) is 3. The quantitative estimate of drug-likeness (QED) is 0.235. The van der Waals surface area contributed by atoms with Gasteiger partial charge in [-0.25, -0.2) is 0 Å². The zero-order chi connectivity index (χ0) is 16.9. The second kappa shape index (κ2) is 11.9. The van der Waals surface area contributed by atoms with Gasteiger partial charge in [0.25, 0.3) is 0 Å². The average molecular weight is 318 g/mol. The number of hydrogen-bond donors (Lipinski definition) is 0. The summed E-state index contributed by atoms with van der Waals surface area (Å²) >= 11 is 0. The second-order valence-corrected chi connectivity index (χ2v) is 5.85. The Morgan fingerprint density at radius 1 is 1.17 bits per heavy atom. The van der Waals surface area contributed by atoms with E-state index in [2.05, 4.69) is 25.2 Å². The van der Waals surface area contributed by atoms with E-state index in [0.717, 1.165) is 50.5 Å². The lowest BCUT2D eigenvalue weighted by atomic mass is 9.95. The Bertz CT molecular complexity index is 458. The lowest BCUT2D eigenvalue weighted by Gasteiger charge is -2.09. The van der Waals surface area contributed by atoms with Gasteiger partial charge in [-0.1, -0.05) is 37.6 Å². The van der Waals surface area contributed by atoms with E-state index >= 15 is 0 Å². The molecule has 0 saturated heterocycles. The largest absolute Gasteiger partial charge is 0.466 e. The number of carbonyl (C=O) groups excluding carboxylic acids is 2. The van der Waals surface area contributed by atoms with E-state index in [0.29, 0.717) is 13.0 Å². The molecule has 0 aromatic rings. The van der Waals surface area contributed by atoms with E-state index < -0.39 is 0 Å². The summed E-state index contributed by atoms with van der Waals surface area (Å²) < 4.78 is 4.90. The minimum atomic E-state index is -0.110. The molecule has 0 bridgehead atoms. The molecule has 1 aliphatic rings. The maximum atomic E-state index is 11.9. The van der Waals surface area contributed by atoms with Gasteiger partial charge in [0, 0.05) is 17.9 Å². The minimum absolute atomic E-state index is 0.110. The third-order valence-corrected chi connectivity index (χ3v) is 3.97. The molecular formula is C20H30O3. The highest BCUT2D eigenvalue weighted by molar-refractivity contribution is 6.07. The van der Waals surface area contributed by atoms with Crippen molar-refractivity contribution in [3.63, 3.8) is 0 Å². The Labute approximate surface area is 140 Å². The van der Waals surface area contributed by atoms with Crippen molar-refractivity contribution in [2.45, 2.75) is 65.2 Å². The van der Waals surface area contributed by atoms with Crippen molar-refractivity contribution in [1.29, 1.82) is 0 Å². The Hall–Kier alpha value is -1.64. The molecule has 3 nitrogen and oxygen atoms in total. The van der Waals surface area contributed by atoms with Gasteiger partial charge in [-0.3, -0.25) is 9.59 Å². The lowest BCUT2D eigenvalue weighted by molar-refractivity contribution is -0.143. The van der Waals surface area contributed by atoms with E-state index in [1.54, 1.807) is 6.08 Å². The van der Waals surface area contributed by atoms with Crippen molar-refractivity contribution in [2.24, 2.45) is 5.92 Å². The fraction of sp³-hybridized carbons (Fsp3) is 0.600.